The van der Waals surface area contributed by atoms with Crippen molar-refractivity contribution in [2.24, 2.45) is 0 Å². The average molecular weight is 258 g/mol. The van der Waals surface area contributed by atoms with Gasteiger partial charge in [-0.15, -0.1) is 0 Å². The van der Waals surface area contributed by atoms with Gasteiger partial charge in [0.15, 0.2) is 0 Å². The maximum Gasteiger partial charge on any atom is 0.237 e. The van der Waals surface area contributed by atoms with E-state index in [0.717, 1.165) is 0 Å². The Morgan fingerprint density at radius 2 is 1.94 bits per heavy atom. The van der Waals surface area contributed by atoms with Crippen LogP contribution in [-0.2, 0) is 9.53 Å². The van der Waals surface area contributed by atoms with E-state index in [2.05, 4.69) is 10.6 Å². The van der Waals surface area contributed by atoms with Crippen molar-refractivity contribution in [1.29, 1.82) is 0 Å². The van der Waals surface area contributed by atoms with Gasteiger partial charge in [0.25, 0.3) is 0 Å². The molecule has 106 valence electrons. The van der Waals surface area contributed by atoms with Crippen LogP contribution in [0.1, 0.15) is 40.5 Å². The molecule has 1 unspecified atom stereocenters. The van der Waals surface area contributed by atoms with Crippen LogP contribution in [-0.4, -0.2) is 48.0 Å². The fourth-order valence-corrected chi connectivity index (χ4v) is 1.84. The van der Waals surface area contributed by atoms with Gasteiger partial charge in [0, 0.05) is 38.1 Å². The molecule has 0 aliphatic carbocycles. The van der Waals surface area contributed by atoms with E-state index in [-0.39, 0.29) is 17.5 Å². The van der Waals surface area contributed by atoms with Gasteiger partial charge < -0.3 is 20.5 Å². The van der Waals surface area contributed by atoms with E-state index in [9.17, 15) is 9.90 Å². The van der Waals surface area contributed by atoms with Gasteiger partial charge in [0.1, 0.15) is 0 Å². The minimum absolute atomic E-state index is 0.0434. The Balaban J connectivity index is 2.35. The van der Waals surface area contributed by atoms with Crippen LogP contribution in [0, 0.1) is 0 Å². The zero-order valence-corrected chi connectivity index (χ0v) is 11.9. The van der Waals surface area contributed by atoms with Crippen LogP contribution in [0.3, 0.4) is 0 Å². The minimum Gasteiger partial charge on any atom is -0.388 e. The Kier molecular flexibility index (Phi) is 5.13. The number of carbonyl (C=O) groups excluding carboxylic acids is 1. The maximum absolute atomic E-state index is 11.9. The summed E-state index contributed by atoms with van der Waals surface area (Å²) in [6, 6.07) is -0.309. The molecular weight excluding hydrogens is 232 g/mol. The standard InChI is InChI=1S/C13H26N2O3/c1-10(11(16)15-12(2,3)4)14-9-13(17)5-7-18-8-6-13/h10,14,17H,5-9H2,1-4H3,(H,15,16). The van der Waals surface area contributed by atoms with E-state index < -0.39 is 5.60 Å². The van der Waals surface area contributed by atoms with E-state index in [4.69, 9.17) is 4.74 Å². The van der Waals surface area contributed by atoms with Crippen molar-refractivity contribution in [3.05, 3.63) is 0 Å². The van der Waals surface area contributed by atoms with Crippen molar-refractivity contribution < 1.29 is 14.6 Å². The summed E-state index contributed by atoms with van der Waals surface area (Å²) in [7, 11) is 0. The number of aliphatic hydroxyl groups is 1. The number of hydrogen-bond donors (Lipinski definition) is 3. The van der Waals surface area contributed by atoms with Crippen LogP contribution in [0.4, 0.5) is 0 Å². The second-order valence-electron chi connectivity index (χ2n) is 6.18. The van der Waals surface area contributed by atoms with Crippen molar-refractivity contribution in [2.75, 3.05) is 19.8 Å². The van der Waals surface area contributed by atoms with E-state index in [1.54, 1.807) is 0 Å². The van der Waals surface area contributed by atoms with Crippen LogP contribution in [0.2, 0.25) is 0 Å². The molecule has 0 aromatic carbocycles. The van der Waals surface area contributed by atoms with Gasteiger partial charge in [-0.1, -0.05) is 0 Å². The second kappa shape index (κ2) is 5.99. The fourth-order valence-electron chi connectivity index (χ4n) is 1.84. The molecule has 1 rings (SSSR count). The number of carbonyl (C=O) groups is 1. The van der Waals surface area contributed by atoms with Gasteiger partial charge in [0.2, 0.25) is 5.91 Å². The van der Waals surface area contributed by atoms with E-state index >= 15 is 0 Å². The highest BCUT2D eigenvalue weighted by Gasteiger charge is 2.30. The highest BCUT2D eigenvalue weighted by molar-refractivity contribution is 5.81. The topological polar surface area (TPSA) is 70.6 Å². The Morgan fingerprint density at radius 1 is 1.39 bits per heavy atom. The monoisotopic (exact) mass is 258 g/mol. The van der Waals surface area contributed by atoms with Gasteiger partial charge in [-0.2, -0.15) is 0 Å². The molecule has 0 aromatic rings. The van der Waals surface area contributed by atoms with Gasteiger partial charge in [0.05, 0.1) is 11.6 Å². The summed E-state index contributed by atoms with van der Waals surface area (Å²) in [6.45, 7) is 9.25. The lowest BCUT2D eigenvalue weighted by molar-refractivity contribution is -0.124. The lowest BCUT2D eigenvalue weighted by Gasteiger charge is -2.33. The third-order valence-corrected chi connectivity index (χ3v) is 3.05. The summed E-state index contributed by atoms with van der Waals surface area (Å²) in [5, 5.41) is 16.3. The van der Waals surface area contributed by atoms with Crippen molar-refractivity contribution in [2.45, 2.75) is 57.7 Å². The molecule has 0 saturated carbocycles. The number of rotatable bonds is 4. The molecular formula is C13H26N2O3. The first-order valence-electron chi connectivity index (χ1n) is 6.57. The van der Waals surface area contributed by atoms with Crippen molar-refractivity contribution in [3.63, 3.8) is 0 Å². The summed E-state index contributed by atoms with van der Waals surface area (Å²) >= 11 is 0. The fraction of sp³-hybridized carbons (Fsp3) is 0.923. The predicted molar refractivity (Wildman–Crippen MR) is 70.4 cm³/mol. The lowest BCUT2D eigenvalue weighted by Crippen LogP contribution is -2.53. The van der Waals surface area contributed by atoms with Crippen molar-refractivity contribution >= 4 is 5.91 Å². The molecule has 1 amide bonds. The van der Waals surface area contributed by atoms with Gasteiger partial charge in [-0.3, -0.25) is 4.79 Å². The van der Waals surface area contributed by atoms with Crippen LogP contribution in [0.15, 0.2) is 0 Å². The normalized spacial score (nSPS) is 21.4. The Hall–Kier alpha value is -0.650. The molecule has 18 heavy (non-hydrogen) atoms. The summed E-state index contributed by atoms with van der Waals surface area (Å²) in [5.74, 6) is -0.0434. The minimum atomic E-state index is -0.742. The Morgan fingerprint density at radius 3 is 2.44 bits per heavy atom. The molecule has 1 saturated heterocycles. The third-order valence-electron chi connectivity index (χ3n) is 3.05. The molecule has 1 aliphatic heterocycles. The molecule has 5 heteroatoms. The lowest BCUT2D eigenvalue weighted by atomic mass is 9.94. The summed E-state index contributed by atoms with van der Waals surface area (Å²) in [5.41, 5.74) is -0.975. The first kappa shape index (κ1) is 15.4. The second-order valence-corrected chi connectivity index (χ2v) is 6.18. The summed E-state index contributed by atoms with van der Waals surface area (Å²) < 4.78 is 5.22. The Labute approximate surface area is 109 Å². The third kappa shape index (κ3) is 5.33. The van der Waals surface area contributed by atoms with Crippen LogP contribution in [0.5, 0.6) is 0 Å². The van der Waals surface area contributed by atoms with E-state index in [1.165, 1.54) is 0 Å². The zero-order valence-electron chi connectivity index (χ0n) is 11.9. The summed E-state index contributed by atoms with van der Waals surface area (Å²) in [6.07, 6.45) is 1.24. The number of amides is 1. The first-order valence-corrected chi connectivity index (χ1v) is 6.57. The molecule has 5 nitrogen and oxygen atoms in total. The van der Waals surface area contributed by atoms with Gasteiger partial charge in [-0.05, 0) is 27.7 Å². The smallest absolute Gasteiger partial charge is 0.237 e. The average Bonchev–Trinajstić information content (AvgIpc) is 2.24. The van der Waals surface area contributed by atoms with Gasteiger partial charge >= 0.3 is 0 Å². The molecule has 0 spiro atoms. The van der Waals surface area contributed by atoms with Gasteiger partial charge in [-0.25, -0.2) is 0 Å². The Bertz CT molecular complexity index is 280. The SMILES string of the molecule is CC(NCC1(O)CCOCC1)C(=O)NC(C)(C)C. The van der Waals surface area contributed by atoms with Crippen LogP contribution in [0.25, 0.3) is 0 Å². The van der Waals surface area contributed by atoms with Crippen LogP contribution < -0.4 is 10.6 Å². The maximum atomic E-state index is 11.9. The molecule has 1 heterocycles. The first-order chi connectivity index (χ1) is 8.22. The van der Waals surface area contributed by atoms with Crippen LogP contribution >= 0.6 is 0 Å². The number of hydrogen-bond acceptors (Lipinski definition) is 4. The summed E-state index contributed by atoms with van der Waals surface area (Å²) in [4.78, 5) is 11.9. The quantitative estimate of drug-likeness (QED) is 0.683. The largest absolute Gasteiger partial charge is 0.388 e. The van der Waals surface area contributed by atoms with Crippen molar-refractivity contribution in [3.8, 4) is 0 Å². The molecule has 1 fully saturated rings. The molecule has 0 bridgehead atoms. The highest BCUT2D eigenvalue weighted by Crippen LogP contribution is 2.19. The predicted octanol–water partition coefficient (Wildman–Crippen LogP) is 0.421. The number of ether oxygens (including phenoxy) is 1. The van der Waals surface area contributed by atoms with E-state index in [1.807, 2.05) is 27.7 Å². The highest BCUT2D eigenvalue weighted by atomic mass is 16.5. The molecule has 0 aromatic heterocycles. The molecule has 1 aliphatic rings. The zero-order chi connectivity index (χ0) is 13.8. The molecule has 3 N–H and O–H groups in total. The van der Waals surface area contributed by atoms with Crippen molar-refractivity contribution in [1.82, 2.24) is 10.6 Å². The molecule has 1 atom stereocenters. The van der Waals surface area contributed by atoms with E-state index in [0.29, 0.717) is 32.6 Å². The number of nitrogens with one attached hydrogen (secondary N) is 2. The molecule has 0 radical (unpaired) electrons.